The summed E-state index contributed by atoms with van der Waals surface area (Å²) in [6.07, 6.45) is 3.72. The fraction of sp³-hybridized carbons (Fsp3) is 0.600. The third-order valence-electron chi connectivity index (χ3n) is 3.80. The van der Waals surface area contributed by atoms with E-state index in [4.69, 9.17) is 0 Å². The lowest BCUT2D eigenvalue weighted by Crippen LogP contribution is -2.52. The molecule has 0 saturated carbocycles. The van der Waals surface area contributed by atoms with Gasteiger partial charge >= 0.3 is 0 Å². The Kier molecular flexibility index (Phi) is 6.94. The van der Waals surface area contributed by atoms with E-state index >= 15 is 0 Å². The summed E-state index contributed by atoms with van der Waals surface area (Å²) < 4.78 is 0. The van der Waals surface area contributed by atoms with Gasteiger partial charge < -0.3 is 4.90 Å². The molecule has 1 amide bonds. The van der Waals surface area contributed by atoms with Gasteiger partial charge in [-0.1, -0.05) is 17.8 Å². The van der Waals surface area contributed by atoms with Gasteiger partial charge in [0.2, 0.25) is 5.91 Å². The molecular weight excluding hydrogens is 268 g/mol. The van der Waals surface area contributed by atoms with Crippen LogP contribution >= 0.6 is 0 Å². The predicted octanol–water partition coefficient (Wildman–Crippen LogP) is 1.84. The van der Waals surface area contributed by atoms with Crippen LogP contribution < -0.4 is 0 Å². The van der Waals surface area contributed by atoms with Gasteiger partial charge in [0.05, 0.1) is 0 Å². The van der Waals surface area contributed by atoms with Crippen molar-refractivity contribution >= 4 is 12.1 Å². The van der Waals surface area contributed by atoms with E-state index in [1.54, 1.807) is 11.0 Å². The number of aliphatic imine (C=N–C) groups is 1. The zero-order valence-corrected chi connectivity index (χ0v) is 13.1. The average Bonchev–Trinajstić information content (AvgIpc) is 2.51. The molecule has 1 heterocycles. The van der Waals surface area contributed by atoms with E-state index in [1.165, 1.54) is 0 Å². The molecule has 1 rings (SSSR count). The molecule has 0 radical (unpaired) electrons. The first kappa shape index (κ1) is 17.2. The molecule has 0 aromatic rings. The summed E-state index contributed by atoms with van der Waals surface area (Å²) in [5, 5.41) is 2.65. The third kappa shape index (κ3) is 5.23. The Morgan fingerprint density at radius 2 is 1.90 bits per heavy atom. The van der Waals surface area contributed by atoms with Crippen LogP contribution in [-0.2, 0) is 4.79 Å². The number of nitroso groups, excluding NO2 is 1. The van der Waals surface area contributed by atoms with Crippen LogP contribution in [0.2, 0.25) is 0 Å². The summed E-state index contributed by atoms with van der Waals surface area (Å²) in [7, 11) is 0. The second-order valence-corrected chi connectivity index (χ2v) is 5.20. The Bertz CT molecular complexity index is 449. The van der Waals surface area contributed by atoms with E-state index in [1.807, 2.05) is 20.1 Å². The highest BCUT2D eigenvalue weighted by atomic mass is 16.3. The number of hydrogen-bond donors (Lipinski definition) is 0. The zero-order valence-electron chi connectivity index (χ0n) is 13.1. The van der Waals surface area contributed by atoms with Crippen molar-refractivity contribution in [3.8, 4) is 0 Å². The summed E-state index contributed by atoms with van der Waals surface area (Å²) in [5.74, 6) is -0.189. The molecule has 1 saturated heterocycles. The molecule has 116 valence electrons. The minimum absolute atomic E-state index is 0.189. The lowest BCUT2D eigenvalue weighted by Gasteiger charge is -2.36. The number of hydrogen-bond acceptors (Lipinski definition) is 5. The number of piperazine rings is 1. The monoisotopic (exact) mass is 292 g/mol. The maximum atomic E-state index is 11.6. The quantitative estimate of drug-likeness (QED) is 0.426. The van der Waals surface area contributed by atoms with Crippen LogP contribution in [0.15, 0.2) is 34.1 Å². The van der Waals surface area contributed by atoms with Gasteiger partial charge in [0.15, 0.2) is 6.54 Å². The molecule has 1 aliphatic heterocycles. The summed E-state index contributed by atoms with van der Waals surface area (Å²) in [4.78, 5) is 30.1. The second kappa shape index (κ2) is 8.46. The Balaban J connectivity index is 2.50. The van der Waals surface area contributed by atoms with E-state index < -0.39 is 0 Å². The van der Waals surface area contributed by atoms with E-state index in [0.717, 1.165) is 24.4 Å². The molecule has 1 fully saturated rings. The van der Waals surface area contributed by atoms with Crippen molar-refractivity contribution in [2.75, 3.05) is 32.7 Å². The highest BCUT2D eigenvalue weighted by molar-refractivity contribution is 5.78. The maximum Gasteiger partial charge on any atom is 0.247 e. The van der Waals surface area contributed by atoms with Crippen molar-refractivity contribution in [2.24, 2.45) is 10.2 Å². The van der Waals surface area contributed by atoms with Crippen molar-refractivity contribution < 1.29 is 4.79 Å². The molecule has 6 heteroatoms. The van der Waals surface area contributed by atoms with E-state index in [2.05, 4.69) is 28.6 Å². The highest BCUT2D eigenvalue weighted by Gasteiger charge is 2.23. The minimum Gasteiger partial charge on any atom is -0.338 e. The Hall–Kier alpha value is -1.82. The average molecular weight is 292 g/mol. The molecule has 0 aliphatic carbocycles. The second-order valence-electron chi connectivity index (χ2n) is 5.20. The van der Waals surface area contributed by atoms with Crippen molar-refractivity contribution in [1.82, 2.24) is 9.80 Å². The molecule has 1 aliphatic rings. The van der Waals surface area contributed by atoms with Crippen molar-refractivity contribution in [3.05, 3.63) is 28.8 Å². The van der Waals surface area contributed by atoms with Gasteiger partial charge in [-0.05, 0) is 26.3 Å². The molecule has 0 N–H and O–H groups in total. The minimum atomic E-state index is -0.262. The van der Waals surface area contributed by atoms with Gasteiger partial charge in [-0.15, -0.1) is 0 Å². The first-order valence-electron chi connectivity index (χ1n) is 7.14. The fourth-order valence-electron chi connectivity index (χ4n) is 2.10. The van der Waals surface area contributed by atoms with E-state index in [0.29, 0.717) is 13.1 Å². The Morgan fingerprint density at radius 3 is 2.43 bits per heavy atom. The van der Waals surface area contributed by atoms with Gasteiger partial charge in [0.1, 0.15) is 0 Å². The zero-order chi connectivity index (χ0) is 15.8. The molecule has 1 unspecified atom stereocenters. The Morgan fingerprint density at radius 1 is 1.29 bits per heavy atom. The van der Waals surface area contributed by atoms with Crippen molar-refractivity contribution in [3.63, 3.8) is 0 Å². The van der Waals surface area contributed by atoms with Crippen LogP contribution in [0.4, 0.5) is 0 Å². The topological polar surface area (TPSA) is 65.3 Å². The largest absolute Gasteiger partial charge is 0.338 e. The van der Waals surface area contributed by atoms with Crippen molar-refractivity contribution in [2.45, 2.75) is 26.8 Å². The SMILES string of the molecule is C=C/C(C)=C(\C)N=CC(C)N1CCN(C(=O)CN=O)CC1. The van der Waals surface area contributed by atoms with Crippen LogP contribution in [0, 0.1) is 4.91 Å². The molecule has 6 nitrogen and oxygen atoms in total. The normalized spacial score (nSPS) is 19.3. The number of carbonyl (C=O) groups is 1. The molecule has 0 bridgehead atoms. The highest BCUT2D eigenvalue weighted by Crippen LogP contribution is 2.08. The molecule has 1 atom stereocenters. The summed E-state index contributed by atoms with van der Waals surface area (Å²) in [6.45, 7) is 12.3. The van der Waals surface area contributed by atoms with Gasteiger partial charge in [-0.2, -0.15) is 4.91 Å². The van der Waals surface area contributed by atoms with Gasteiger partial charge in [-0.3, -0.25) is 14.7 Å². The van der Waals surface area contributed by atoms with Crippen LogP contribution in [0.3, 0.4) is 0 Å². The summed E-state index contributed by atoms with van der Waals surface area (Å²) in [6, 6.07) is 0.207. The number of amides is 1. The maximum absolute atomic E-state index is 11.6. The van der Waals surface area contributed by atoms with Crippen LogP contribution in [-0.4, -0.2) is 60.7 Å². The molecule has 0 aromatic carbocycles. The number of rotatable bonds is 6. The first-order valence-corrected chi connectivity index (χ1v) is 7.14. The molecule has 0 spiro atoms. The lowest BCUT2D eigenvalue weighted by atomic mass is 10.2. The van der Waals surface area contributed by atoms with E-state index in [9.17, 15) is 9.70 Å². The smallest absolute Gasteiger partial charge is 0.247 e. The van der Waals surface area contributed by atoms with E-state index in [-0.39, 0.29) is 18.5 Å². The first-order chi connectivity index (χ1) is 9.99. The van der Waals surface area contributed by atoms with Crippen LogP contribution in [0.5, 0.6) is 0 Å². The van der Waals surface area contributed by atoms with Gasteiger partial charge in [0.25, 0.3) is 0 Å². The molecular formula is C15H24N4O2. The lowest BCUT2D eigenvalue weighted by molar-refractivity contribution is -0.131. The molecule has 21 heavy (non-hydrogen) atoms. The van der Waals surface area contributed by atoms with Gasteiger partial charge in [0, 0.05) is 44.1 Å². The number of nitrogens with zero attached hydrogens (tertiary/aromatic N) is 4. The van der Waals surface area contributed by atoms with Crippen LogP contribution in [0.1, 0.15) is 20.8 Å². The third-order valence-corrected chi connectivity index (χ3v) is 3.80. The standard InChI is InChI=1S/C15H24N4O2/c1-5-12(2)14(4)16-10-13(3)18-6-8-19(9-7-18)15(20)11-17-21/h5,10,13H,1,6-9,11H2,2-4H3/b14-12+,16-10?. The summed E-state index contributed by atoms with van der Waals surface area (Å²) >= 11 is 0. The summed E-state index contributed by atoms with van der Waals surface area (Å²) in [5.41, 5.74) is 2.03. The molecule has 0 aromatic heterocycles. The Labute approximate surface area is 126 Å². The number of allylic oxidation sites excluding steroid dienone is 3. The van der Waals surface area contributed by atoms with Gasteiger partial charge in [-0.25, -0.2) is 0 Å². The predicted molar refractivity (Wildman–Crippen MR) is 85.3 cm³/mol. The van der Waals surface area contributed by atoms with Crippen molar-refractivity contribution in [1.29, 1.82) is 0 Å². The fourth-order valence-corrected chi connectivity index (χ4v) is 2.10. The van der Waals surface area contributed by atoms with Crippen LogP contribution in [0.25, 0.3) is 0 Å². The number of carbonyl (C=O) groups excluding carboxylic acids is 1.